The molecule has 0 aliphatic heterocycles. The maximum absolute atomic E-state index is 6.07. The summed E-state index contributed by atoms with van der Waals surface area (Å²) in [5, 5.41) is 0. The van der Waals surface area contributed by atoms with Crippen molar-refractivity contribution < 1.29 is 0 Å². The summed E-state index contributed by atoms with van der Waals surface area (Å²) in [5.74, 6) is 0.638. The van der Waals surface area contributed by atoms with Gasteiger partial charge in [-0.05, 0) is 59.1 Å². The van der Waals surface area contributed by atoms with Gasteiger partial charge in [0.2, 0.25) is 0 Å². The van der Waals surface area contributed by atoms with Crippen molar-refractivity contribution >= 4 is 0 Å². The molecule has 0 heterocycles. The molecule has 0 atom stereocenters. The highest BCUT2D eigenvalue weighted by molar-refractivity contribution is 5.68. The highest BCUT2D eigenvalue weighted by Crippen LogP contribution is 2.36. The lowest BCUT2D eigenvalue weighted by atomic mass is 9.93. The molecule has 120 valence electrons. The fourth-order valence-electron chi connectivity index (χ4n) is 3.96. The molecular formula is C22H27N. The first kappa shape index (κ1) is 16.0. The van der Waals surface area contributed by atoms with Crippen molar-refractivity contribution in [1.82, 2.24) is 0 Å². The van der Waals surface area contributed by atoms with Gasteiger partial charge in [-0.15, -0.1) is 0 Å². The minimum Gasteiger partial charge on any atom is -0.326 e. The molecule has 1 nitrogen and oxygen atoms in total. The lowest BCUT2D eigenvalue weighted by Crippen LogP contribution is -2.02. The number of fused-ring (bicyclic) bond motifs is 1. The third kappa shape index (κ3) is 3.11. The quantitative estimate of drug-likeness (QED) is 0.765. The smallest absolute Gasteiger partial charge is 0.0181 e. The van der Waals surface area contributed by atoms with Gasteiger partial charge in [0.25, 0.3) is 0 Å². The number of rotatable bonds is 4. The molecule has 0 fully saturated rings. The van der Waals surface area contributed by atoms with Crippen molar-refractivity contribution in [2.24, 2.45) is 11.7 Å². The zero-order chi connectivity index (χ0) is 16.4. The zero-order valence-electron chi connectivity index (χ0n) is 14.5. The molecule has 1 heteroatoms. The van der Waals surface area contributed by atoms with Crippen molar-refractivity contribution in [2.75, 3.05) is 0 Å². The van der Waals surface area contributed by atoms with Gasteiger partial charge in [0.15, 0.2) is 0 Å². The Balaban J connectivity index is 2.06. The number of benzene rings is 2. The first-order valence-electron chi connectivity index (χ1n) is 8.75. The number of allylic oxidation sites excluding steroid dienone is 2. The predicted octanol–water partition coefficient (Wildman–Crippen LogP) is 5.27. The molecule has 0 radical (unpaired) electrons. The van der Waals surface area contributed by atoms with E-state index in [2.05, 4.69) is 63.2 Å². The Bertz CT molecular complexity index is 723. The summed E-state index contributed by atoms with van der Waals surface area (Å²) < 4.78 is 0. The van der Waals surface area contributed by atoms with E-state index in [1.54, 1.807) is 11.1 Å². The Morgan fingerprint density at radius 3 is 2.39 bits per heavy atom. The fraction of sp³-hybridized carbons (Fsp3) is 0.364. The predicted molar refractivity (Wildman–Crippen MR) is 99.3 cm³/mol. The molecule has 2 N–H and O–H groups in total. The van der Waals surface area contributed by atoms with Gasteiger partial charge in [-0.1, -0.05) is 68.3 Å². The van der Waals surface area contributed by atoms with E-state index in [0.29, 0.717) is 12.5 Å². The minimum absolute atomic E-state index is 0.624. The molecule has 2 aromatic carbocycles. The lowest BCUT2D eigenvalue weighted by Gasteiger charge is -2.13. The van der Waals surface area contributed by atoms with Crippen LogP contribution in [0.15, 0.2) is 53.6 Å². The SMILES string of the molecule is CC/C(=C1/Cc2cc(-c3ccccc3)cc(CN)c2C1)C(C)C. The Morgan fingerprint density at radius 2 is 1.78 bits per heavy atom. The van der Waals surface area contributed by atoms with Crippen molar-refractivity contribution in [1.29, 1.82) is 0 Å². The van der Waals surface area contributed by atoms with Crippen LogP contribution in [-0.2, 0) is 19.4 Å². The molecule has 1 aliphatic rings. The van der Waals surface area contributed by atoms with Crippen LogP contribution in [0.25, 0.3) is 11.1 Å². The van der Waals surface area contributed by atoms with Gasteiger partial charge < -0.3 is 5.73 Å². The van der Waals surface area contributed by atoms with E-state index in [1.165, 1.54) is 27.8 Å². The van der Waals surface area contributed by atoms with Crippen LogP contribution in [0.1, 0.15) is 43.9 Å². The van der Waals surface area contributed by atoms with Crippen LogP contribution in [0.3, 0.4) is 0 Å². The second-order valence-corrected chi connectivity index (χ2v) is 6.83. The van der Waals surface area contributed by atoms with Gasteiger partial charge in [0, 0.05) is 6.54 Å². The average Bonchev–Trinajstić information content (AvgIpc) is 2.98. The third-order valence-corrected chi connectivity index (χ3v) is 5.09. The van der Waals surface area contributed by atoms with E-state index < -0.39 is 0 Å². The third-order valence-electron chi connectivity index (χ3n) is 5.09. The topological polar surface area (TPSA) is 26.0 Å². The first-order chi connectivity index (χ1) is 11.1. The number of nitrogens with two attached hydrogens (primary N) is 1. The van der Waals surface area contributed by atoms with E-state index in [0.717, 1.165) is 19.3 Å². The largest absolute Gasteiger partial charge is 0.326 e. The molecule has 0 saturated heterocycles. The van der Waals surface area contributed by atoms with E-state index in [4.69, 9.17) is 5.73 Å². The summed E-state index contributed by atoms with van der Waals surface area (Å²) in [6, 6.07) is 15.3. The van der Waals surface area contributed by atoms with Gasteiger partial charge in [-0.3, -0.25) is 0 Å². The maximum Gasteiger partial charge on any atom is 0.0181 e. The second kappa shape index (κ2) is 6.72. The Morgan fingerprint density at radius 1 is 1.04 bits per heavy atom. The number of hydrogen-bond acceptors (Lipinski definition) is 1. The van der Waals surface area contributed by atoms with Crippen LogP contribution in [-0.4, -0.2) is 0 Å². The van der Waals surface area contributed by atoms with E-state index in [9.17, 15) is 0 Å². The Labute approximate surface area is 140 Å². The summed E-state index contributed by atoms with van der Waals surface area (Å²) in [6.45, 7) is 7.53. The second-order valence-electron chi connectivity index (χ2n) is 6.83. The molecule has 0 aromatic heterocycles. The van der Waals surface area contributed by atoms with Crippen LogP contribution >= 0.6 is 0 Å². The van der Waals surface area contributed by atoms with Crippen molar-refractivity contribution in [3.8, 4) is 11.1 Å². The Kier molecular flexibility index (Phi) is 4.68. The molecule has 0 bridgehead atoms. The molecule has 2 aromatic rings. The fourth-order valence-corrected chi connectivity index (χ4v) is 3.96. The first-order valence-corrected chi connectivity index (χ1v) is 8.75. The van der Waals surface area contributed by atoms with Crippen molar-refractivity contribution in [2.45, 2.75) is 46.6 Å². The van der Waals surface area contributed by atoms with Crippen LogP contribution in [0.2, 0.25) is 0 Å². The summed E-state index contributed by atoms with van der Waals surface area (Å²) in [4.78, 5) is 0. The van der Waals surface area contributed by atoms with Crippen LogP contribution in [0, 0.1) is 5.92 Å². The van der Waals surface area contributed by atoms with Gasteiger partial charge >= 0.3 is 0 Å². The van der Waals surface area contributed by atoms with E-state index in [1.807, 2.05) is 0 Å². The van der Waals surface area contributed by atoms with Crippen molar-refractivity contribution in [3.05, 3.63) is 70.3 Å². The summed E-state index contributed by atoms with van der Waals surface area (Å²) in [5.41, 5.74) is 16.2. The van der Waals surface area contributed by atoms with E-state index >= 15 is 0 Å². The van der Waals surface area contributed by atoms with Gasteiger partial charge in [0.1, 0.15) is 0 Å². The molecule has 0 saturated carbocycles. The zero-order valence-corrected chi connectivity index (χ0v) is 14.5. The summed E-state index contributed by atoms with van der Waals surface area (Å²) in [6.07, 6.45) is 3.35. The van der Waals surface area contributed by atoms with Gasteiger partial charge in [0.05, 0.1) is 0 Å². The van der Waals surface area contributed by atoms with Gasteiger partial charge in [-0.25, -0.2) is 0 Å². The van der Waals surface area contributed by atoms with Crippen LogP contribution < -0.4 is 5.73 Å². The van der Waals surface area contributed by atoms with E-state index in [-0.39, 0.29) is 0 Å². The maximum atomic E-state index is 6.07. The summed E-state index contributed by atoms with van der Waals surface area (Å²) in [7, 11) is 0. The lowest BCUT2D eigenvalue weighted by molar-refractivity contribution is 0.711. The highest BCUT2D eigenvalue weighted by atomic mass is 14.5. The molecule has 0 unspecified atom stereocenters. The van der Waals surface area contributed by atoms with Crippen molar-refractivity contribution in [3.63, 3.8) is 0 Å². The normalized spacial score (nSPS) is 15.9. The minimum atomic E-state index is 0.624. The van der Waals surface area contributed by atoms with Crippen LogP contribution in [0.5, 0.6) is 0 Å². The molecular weight excluding hydrogens is 278 g/mol. The highest BCUT2D eigenvalue weighted by Gasteiger charge is 2.22. The molecule has 0 amide bonds. The molecule has 3 rings (SSSR count). The number of hydrogen-bond donors (Lipinski definition) is 1. The Hall–Kier alpha value is -1.86. The average molecular weight is 305 g/mol. The standard InChI is InChI=1S/C22H27N/c1-4-21(15(2)3)19-12-18-10-17(16-8-6-5-7-9-16)11-20(14-23)22(18)13-19/h5-11,15H,4,12-14,23H2,1-3H3/b21-19+. The van der Waals surface area contributed by atoms with Gasteiger partial charge in [-0.2, -0.15) is 0 Å². The summed E-state index contributed by atoms with van der Waals surface area (Å²) >= 11 is 0. The molecule has 0 spiro atoms. The molecule has 1 aliphatic carbocycles. The molecule has 23 heavy (non-hydrogen) atoms. The van der Waals surface area contributed by atoms with Crippen LogP contribution in [0.4, 0.5) is 0 Å². The monoisotopic (exact) mass is 305 g/mol.